The summed E-state index contributed by atoms with van der Waals surface area (Å²) in [6.45, 7) is 12.9. The van der Waals surface area contributed by atoms with Crippen LogP contribution in [0, 0.1) is 13.8 Å². The molecule has 2 N–H and O–H groups in total. The Bertz CT molecular complexity index is 2170. The minimum absolute atomic E-state index is 0.0318. The van der Waals surface area contributed by atoms with E-state index in [2.05, 4.69) is 61.7 Å². The maximum Gasteiger partial charge on any atom is 0.305 e. The molecule has 0 fully saturated rings. The van der Waals surface area contributed by atoms with E-state index in [-0.39, 0.29) is 36.4 Å². The molecule has 8 heteroatoms. The van der Waals surface area contributed by atoms with E-state index in [0.717, 1.165) is 85.5 Å². The molecule has 0 saturated carbocycles. The zero-order valence-corrected chi connectivity index (χ0v) is 28.2. The van der Waals surface area contributed by atoms with Gasteiger partial charge in [-0.05, 0) is 97.7 Å². The molecule has 2 atom stereocenters. The van der Waals surface area contributed by atoms with E-state index in [1.54, 1.807) is 0 Å². The number of aromatic amines is 2. The lowest BCUT2D eigenvalue weighted by molar-refractivity contribution is -0.140. The lowest BCUT2D eigenvalue weighted by Crippen LogP contribution is -2.09. The average Bonchev–Trinajstić information content (AvgIpc) is 3.83. The number of nitrogens with zero attached hydrogens (tertiary/aromatic N) is 3. The highest BCUT2D eigenvalue weighted by atomic mass is 16.5. The van der Waals surface area contributed by atoms with Crippen LogP contribution in [0.4, 0.5) is 0 Å². The van der Waals surface area contributed by atoms with Gasteiger partial charge in [0.1, 0.15) is 0 Å². The number of ketones is 1. The fraction of sp³-hybridized carbons (Fsp3) is 0.359. The summed E-state index contributed by atoms with van der Waals surface area (Å²) in [5.74, 6) is -0.275. The van der Waals surface area contributed by atoms with Crippen LogP contribution in [0.5, 0.6) is 0 Å². The fourth-order valence-electron chi connectivity index (χ4n) is 8.00. The Labute approximate surface area is 274 Å². The number of pyridine rings is 1. The van der Waals surface area contributed by atoms with Gasteiger partial charge < -0.3 is 14.7 Å². The highest BCUT2D eigenvalue weighted by Crippen LogP contribution is 2.47. The second-order valence-corrected chi connectivity index (χ2v) is 13.0. The number of carbonyl (C=O) groups excluding carboxylic acids is 2. The summed E-state index contributed by atoms with van der Waals surface area (Å²) in [4.78, 5) is 48.6. The Kier molecular flexibility index (Phi) is 7.69. The van der Waals surface area contributed by atoms with Crippen LogP contribution in [0.1, 0.15) is 114 Å². The summed E-state index contributed by atoms with van der Waals surface area (Å²) in [5, 5.41) is 0. The number of nitrogens with one attached hydrogen (secondary N) is 2. The van der Waals surface area contributed by atoms with Crippen molar-refractivity contribution in [1.82, 2.24) is 24.9 Å². The molecular weight excluding hydrogens is 586 g/mol. The topological polar surface area (TPSA) is 114 Å². The summed E-state index contributed by atoms with van der Waals surface area (Å²) in [6.07, 6.45) is 6.43. The average molecular weight is 628 g/mol. The van der Waals surface area contributed by atoms with Gasteiger partial charge in [-0.2, -0.15) is 0 Å². The van der Waals surface area contributed by atoms with E-state index >= 15 is 0 Å². The summed E-state index contributed by atoms with van der Waals surface area (Å²) in [6, 6.07) is 8.34. The van der Waals surface area contributed by atoms with Crippen molar-refractivity contribution in [2.45, 2.75) is 85.5 Å². The maximum atomic E-state index is 13.7. The van der Waals surface area contributed by atoms with Crippen molar-refractivity contribution in [3.8, 4) is 11.1 Å². The molecule has 2 aliphatic heterocycles. The first-order valence-corrected chi connectivity index (χ1v) is 16.7. The van der Waals surface area contributed by atoms with E-state index in [0.29, 0.717) is 6.42 Å². The zero-order chi connectivity index (χ0) is 33.1. The van der Waals surface area contributed by atoms with Crippen LogP contribution in [-0.2, 0) is 22.4 Å². The standard InChI is InChI=1S/C39H41N5O3/c1-8-24-19(3)28-17-31-25(9-2)20(4)36(43-31)35(23-12-14-40-15-13-23)37-21(5)26(10-11-33(46)47-7)38(44-37)27-16-32(45)34-22(6)29(42-39(27)34)18-30(24)41-28/h12-15,17-18,21,26,42-43H,8-11,16H2,1-7H3/t21-,26-/m0/s1. The number of aryl methyl sites for hydroxylation is 3. The van der Waals surface area contributed by atoms with Crippen LogP contribution >= 0.6 is 0 Å². The third-order valence-electron chi connectivity index (χ3n) is 10.6. The highest BCUT2D eigenvalue weighted by Gasteiger charge is 2.37. The van der Waals surface area contributed by atoms with E-state index in [1.165, 1.54) is 29.4 Å². The number of hydrogen-bond acceptors (Lipinski definition) is 6. The lowest BCUT2D eigenvalue weighted by Gasteiger charge is -2.18. The predicted octanol–water partition coefficient (Wildman–Crippen LogP) is 8.48. The van der Waals surface area contributed by atoms with Crippen LogP contribution in [0.15, 0.2) is 36.7 Å². The molecule has 4 aromatic rings. The Hall–Kier alpha value is -4.85. The van der Waals surface area contributed by atoms with Gasteiger partial charge in [0.25, 0.3) is 0 Å². The minimum atomic E-state index is -0.251. The first-order valence-electron chi connectivity index (χ1n) is 16.7. The molecule has 47 heavy (non-hydrogen) atoms. The van der Waals surface area contributed by atoms with Crippen molar-refractivity contribution in [3.05, 3.63) is 87.3 Å². The van der Waals surface area contributed by atoms with E-state index in [1.807, 2.05) is 31.5 Å². The normalized spacial score (nSPS) is 17.1. The molecule has 3 aliphatic rings. The van der Waals surface area contributed by atoms with Gasteiger partial charge in [0.05, 0.1) is 40.9 Å². The number of hydrogen-bond donors (Lipinski definition) is 2. The monoisotopic (exact) mass is 627 g/mol. The molecule has 0 unspecified atom stereocenters. The molecular formula is C39H41N5O3. The van der Waals surface area contributed by atoms with Crippen LogP contribution in [0.3, 0.4) is 0 Å². The van der Waals surface area contributed by atoms with Crippen LogP contribution in [-0.4, -0.2) is 43.8 Å². The molecule has 0 spiro atoms. The van der Waals surface area contributed by atoms with Crippen molar-refractivity contribution in [1.29, 1.82) is 0 Å². The van der Waals surface area contributed by atoms with Crippen LogP contribution < -0.4 is 0 Å². The number of esters is 1. The fourth-order valence-corrected chi connectivity index (χ4v) is 8.00. The molecule has 8 nitrogen and oxygen atoms in total. The van der Waals surface area contributed by atoms with Gasteiger partial charge in [0, 0.05) is 64.8 Å². The van der Waals surface area contributed by atoms with Gasteiger partial charge in [0.2, 0.25) is 0 Å². The number of methoxy groups -OCH3 is 1. The molecule has 240 valence electrons. The number of carbonyl (C=O) groups is 2. The zero-order valence-electron chi connectivity index (χ0n) is 28.2. The molecule has 0 aromatic carbocycles. The van der Waals surface area contributed by atoms with Crippen molar-refractivity contribution < 1.29 is 14.3 Å². The summed E-state index contributed by atoms with van der Waals surface area (Å²) in [5.41, 5.74) is 16.9. The molecule has 7 rings (SSSR count). The Balaban J connectivity index is 1.69. The molecule has 0 amide bonds. The smallest absolute Gasteiger partial charge is 0.305 e. The second kappa shape index (κ2) is 11.7. The van der Waals surface area contributed by atoms with Crippen molar-refractivity contribution in [3.63, 3.8) is 0 Å². The number of rotatable bonds is 6. The Morgan fingerprint density at radius 3 is 2.34 bits per heavy atom. The molecule has 4 aromatic heterocycles. The first kappa shape index (κ1) is 30.8. The van der Waals surface area contributed by atoms with E-state index in [4.69, 9.17) is 14.7 Å². The van der Waals surface area contributed by atoms with Gasteiger partial charge >= 0.3 is 5.97 Å². The number of fused-ring (bicyclic) bond motifs is 8. The second-order valence-electron chi connectivity index (χ2n) is 13.0. The van der Waals surface area contributed by atoms with Crippen molar-refractivity contribution >= 4 is 45.0 Å². The third kappa shape index (κ3) is 4.84. The van der Waals surface area contributed by atoms with Crippen LogP contribution in [0.25, 0.3) is 44.3 Å². The quantitative estimate of drug-likeness (QED) is 0.207. The number of ether oxygens (including phenoxy) is 1. The van der Waals surface area contributed by atoms with Gasteiger partial charge in [-0.15, -0.1) is 0 Å². The van der Waals surface area contributed by atoms with Crippen molar-refractivity contribution in [2.75, 3.05) is 7.11 Å². The Morgan fingerprint density at radius 2 is 1.64 bits per heavy atom. The predicted molar refractivity (Wildman–Crippen MR) is 186 cm³/mol. The summed E-state index contributed by atoms with van der Waals surface area (Å²) < 4.78 is 5.06. The first-order chi connectivity index (χ1) is 22.7. The van der Waals surface area contributed by atoms with Gasteiger partial charge in [-0.3, -0.25) is 19.6 Å². The van der Waals surface area contributed by atoms with Gasteiger partial charge in [-0.25, -0.2) is 4.98 Å². The van der Waals surface area contributed by atoms with E-state index in [9.17, 15) is 9.59 Å². The SMILES string of the molecule is CCC1=C(C)c2cc3[nH]c(c(C)c3CC)c(-c3ccncc3)c3nc(c4c5[nH]c(cc1n2)c(C)c5C(=O)C4)[C@@H](CCC(=O)OC)[C@@H]3C. The number of allylic oxidation sites excluding steroid dienone is 2. The third-order valence-corrected chi connectivity index (χ3v) is 10.6. The maximum absolute atomic E-state index is 13.7. The number of H-pyrrole nitrogens is 2. The molecule has 8 bridgehead atoms. The molecule has 0 radical (unpaired) electrons. The number of Topliss-reactive ketones (excluding diaryl/α,β-unsaturated/α-hetero) is 1. The summed E-state index contributed by atoms with van der Waals surface area (Å²) in [7, 11) is 1.43. The number of aromatic nitrogens is 5. The molecule has 6 heterocycles. The molecule has 1 aliphatic carbocycles. The van der Waals surface area contributed by atoms with Crippen LogP contribution in [0.2, 0.25) is 0 Å². The van der Waals surface area contributed by atoms with E-state index < -0.39 is 0 Å². The van der Waals surface area contributed by atoms with Gasteiger partial charge in [0.15, 0.2) is 5.78 Å². The molecule has 0 saturated heterocycles. The highest BCUT2D eigenvalue weighted by molar-refractivity contribution is 6.13. The largest absolute Gasteiger partial charge is 0.469 e. The summed E-state index contributed by atoms with van der Waals surface area (Å²) >= 11 is 0. The Morgan fingerprint density at radius 1 is 0.915 bits per heavy atom. The van der Waals surface area contributed by atoms with Gasteiger partial charge in [-0.1, -0.05) is 20.8 Å². The van der Waals surface area contributed by atoms with Crippen molar-refractivity contribution in [2.24, 2.45) is 0 Å². The minimum Gasteiger partial charge on any atom is -0.469 e. The lowest BCUT2D eigenvalue weighted by atomic mass is 9.83.